The predicted molar refractivity (Wildman–Crippen MR) is 99.4 cm³/mol. The lowest BCUT2D eigenvalue weighted by atomic mass is 10.4. The van der Waals surface area contributed by atoms with Gasteiger partial charge < -0.3 is 4.65 Å². The fourth-order valence-corrected chi connectivity index (χ4v) is 12.3. The maximum absolute atomic E-state index is 4.11. The van der Waals surface area contributed by atoms with E-state index in [1.54, 1.807) is 0 Å². The minimum absolute atomic E-state index is 1.02. The molecule has 0 aliphatic rings. The van der Waals surface area contributed by atoms with E-state index in [0.29, 0.717) is 0 Å². The van der Waals surface area contributed by atoms with E-state index < -0.39 is 16.5 Å². The van der Waals surface area contributed by atoms with Gasteiger partial charge in [-0.3, -0.25) is 0 Å². The Morgan fingerprint density at radius 3 is 1.62 bits per heavy atom. The van der Waals surface area contributed by atoms with Crippen molar-refractivity contribution in [2.24, 2.45) is 0 Å². The minimum atomic E-state index is -1.99. The summed E-state index contributed by atoms with van der Waals surface area (Å²) in [7, 11) is -3.42. The zero-order valence-corrected chi connectivity index (χ0v) is 15.3. The van der Waals surface area contributed by atoms with Crippen molar-refractivity contribution >= 4 is 26.8 Å². The molecule has 0 saturated carbocycles. The highest BCUT2D eigenvalue weighted by Crippen LogP contribution is 2.13. The second kappa shape index (κ2) is 6.56. The zero-order chi connectivity index (χ0) is 15.3. The van der Waals surface area contributed by atoms with E-state index >= 15 is 0 Å². The van der Waals surface area contributed by atoms with Crippen molar-refractivity contribution < 1.29 is 0 Å². The molecule has 0 aliphatic carbocycles. The van der Waals surface area contributed by atoms with Gasteiger partial charge in [-0.1, -0.05) is 86.4 Å². The van der Waals surface area contributed by atoms with Crippen LogP contribution in [0.1, 0.15) is 0 Å². The maximum Gasteiger partial charge on any atom is 0.187 e. The first-order chi connectivity index (χ1) is 9.98. The van der Waals surface area contributed by atoms with Gasteiger partial charge in [0.05, 0.1) is 0 Å². The minimum Gasteiger partial charge on any atom is -0.352 e. The van der Waals surface area contributed by atoms with Gasteiger partial charge in [0.25, 0.3) is 0 Å². The Balaban J connectivity index is 2.63. The Bertz CT molecular complexity index is 534. The lowest BCUT2D eigenvalue weighted by Gasteiger charge is -2.38. The fourth-order valence-electron chi connectivity index (χ4n) is 2.90. The molecular weight excluding hydrogens is 286 g/mol. The summed E-state index contributed by atoms with van der Waals surface area (Å²) in [6, 6.07) is 22.9. The van der Waals surface area contributed by atoms with Crippen molar-refractivity contribution in [3.05, 3.63) is 73.3 Å². The monoisotopic (exact) mass is 311 g/mol. The maximum atomic E-state index is 4.11. The third kappa shape index (κ3) is 3.81. The van der Waals surface area contributed by atoms with Crippen molar-refractivity contribution in [3.8, 4) is 0 Å². The van der Waals surface area contributed by atoms with Crippen LogP contribution in [0, 0.1) is 0 Å². The summed E-state index contributed by atoms with van der Waals surface area (Å²) in [6.45, 7) is 11.2. The molecule has 0 bridgehead atoms. The first kappa shape index (κ1) is 16.0. The van der Waals surface area contributed by atoms with Crippen LogP contribution < -0.4 is 15.0 Å². The van der Waals surface area contributed by atoms with Crippen LogP contribution in [0.4, 0.5) is 0 Å². The van der Waals surface area contributed by atoms with E-state index in [1.807, 2.05) is 0 Å². The molecule has 0 heterocycles. The molecule has 1 nitrogen and oxygen atoms in total. The summed E-state index contributed by atoms with van der Waals surface area (Å²) in [6.07, 6.45) is 2.08. The lowest BCUT2D eigenvalue weighted by Crippen LogP contribution is -2.74. The fraction of sp³-hybridized carbons (Fsp3) is 0.222. The number of rotatable bonds is 6. The number of benzene rings is 2. The Hall–Kier alpha value is -1.43. The zero-order valence-electron chi connectivity index (χ0n) is 13.3. The van der Waals surface area contributed by atoms with E-state index in [-0.39, 0.29) is 0 Å². The molecule has 2 aromatic rings. The molecule has 0 aromatic heterocycles. The first-order valence-corrected chi connectivity index (χ1v) is 13.2. The number of hydrogen-bond acceptors (Lipinski definition) is 1. The van der Waals surface area contributed by atoms with Crippen molar-refractivity contribution in [3.63, 3.8) is 0 Å². The first-order valence-electron chi connectivity index (χ1n) is 7.49. The van der Waals surface area contributed by atoms with Gasteiger partial charge in [-0.05, 0) is 16.4 Å². The Kier molecular flexibility index (Phi) is 4.98. The molecule has 0 amide bonds. The highest BCUT2D eigenvalue weighted by molar-refractivity contribution is 7.07. The van der Waals surface area contributed by atoms with Crippen LogP contribution in [0.2, 0.25) is 25.7 Å². The van der Waals surface area contributed by atoms with Crippen LogP contribution in [-0.2, 0) is 0 Å². The average Bonchev–Trinajstić information content (AvgIpc) is 2.47. The molecule has 1 N–H and O–H groups in total. The SMILES string of the molecule is C=CC[Si](N[Si](C)(C)C)(c1ccccc1)c1ccccc1. The molecule has 2 rings (SSSR count). The van der Waals surface area contributed by atoms with Crippen LogP contribution >= 0.6 is 0 Å². The summed E-state index contributed by atoms with van der Waals surface area (Å²) in [5.74, 6) is 0. The topological polar surface area (TPSA) is 12.0 Å². The Labute approximate surface area is 130 Å². The standard InChI is InChI=1S/C18H25NSi2/c1-5-16-21(19-20(2,3)4,17-12-8-6-9-13-17)18-14-10-7-11-15-18/h5-15,19H,1,16H2,2-4H3. The molecule has 0 spiro atoms. The van der Waals surface area contributed by atoms with Gasteiger partial charge in [0.15, 0.2) is 8.24 Å². The van der Waals surface area contributed by atoms with Gasteiger partial charge >= 0.3 is 0 Å². The quantitative estimate of drug-likeness (QED) is 0.637. The molecule has 3 heteroatoms. The van der Waals surface area contributed by atoms with E-state index in [9.17, 15) is 0 Å². The number of hydrogen-bond donors (Lipinski definition) is 1. The van der Waals surface area contributed by atoms with Gasteiger partial charge in [-0.25, -0.2) is 0 Å². The van der Waals surface area contributed by atoms with Crippen molar-refractivity contribution in [2.75, 3.05) is 0 Å². The van der Waals surface area contributed by atoms with Gasteiger partial charge in [-0.15, -0.1) is 6.58 Å². The summed E-state index contributed by atoms with van der Waals surface area (Å²) in [4.78, 5) is 0. The summed E-state index contributed by atoms with van der Waals surface area (Å²) >= 11 is 0. The molecule has 2 aromatic carbocycles. The average molecular weight is 312 g/mol. The van der Waals surface area contributed by atoms with Gasteiger partial charge in [0.1, 0.15) is 8.24 Å². The second-order valence-corrected chi connectivity index (χ2v) is 15.4. The third-order valence-electron chi connectivity index (χ3n) is 3.57. The van der Waals surface area contributed by atoms with E-state index in [1.165, 1.54) is 10.4 Å². The van der Waals surface area contributed by atoms with Gasteiger partial charge in [0.2, 0.25) is 0 Å². The van der Waals surface area contributed by atoms with E-state index in [2.05, 4.69) is 97.6 Å². The molecule has 0 saturated heterocycles. The van der Waals surface area contributed by atoms with Crippen molar-refractivity contribution in [1.82, 2.24) is 4.65 Å². The highest BCUT2D eigenvalue weighted by Gasteiger charge is 2.39. The van der Waals surface area contributed by atoms with Crippen LogP contribution in [0.3, 0.4) is 0 Å². The molecular formula is C18H25NSi2. The summed E-state index contributed by atoms with van der Waals surface area (Å²) < 4.78 is 4.11. The largest absolute Gasteiger partial charge is 0.352 e. The van der Waals surface area contributed by atoms with Crippen LogP contribution in [0.25, 0.3) is 0 Å². The molecule has 0 atom stereocenters. The smallest absolute Gasteiger partial charge is 0.187 e. The Morgan fingerprint density at radius 1 is 0.857 bits per heavy atom. The van der Waals surface area contributed by atoms with E-state index in [0.717, 1.165) is 6.04 Å². The molecule has 0 unspecified atom stereocenters. The van der Waals surface area contributed by atoms with Gasteiger partial charge in [0, 0.05) is 0 Å². The normalized spacial score (nSPS) is 12.1. The van der Waals surface area contributed by atoms with Crippen LogP contribution in [0.15, 0.2) is 73.3 Å². The lowest BCUT2D eigenvalue weighted by molar-refractivity contribution is 1.30. The van der Waals surface area contributed by atoms with Crippen molar-refractivity contribution in [2.45, 2.75) is 25.7 Å². The van der Waals surface area contributed by atoms with Gasteiger partial charge in [-0.2, -0.15) is 0 Å². The summed E-state index contributed by atoms with van der Waals surface area (Å²) in [5, 5.41) is 2.89. The third-order valence-corrected chi connectivity index (χ3v) is 11.8. The molecule has 0 aliphatic heterocycles. The Morgan fingerprint density at radius 2 is 1.29 bits per heavy atom. The predicted octanol–water partition coefficient (Wildman–Crippen LogP) is 3.36. The number of nitrogens with one attached hydrogen (secondary N) is 1. The highest BCUT2D eigenvalue weighted by atomic mass is 28.4. The van der Waals surface area contributed by atoms with Crippen LogP contribution in [0.5, 0.6) is 0 Å². The van der Waals surface area contributed by atoms with E-state index in [4.69, 9.17) is 0 Å². The molecule has 0 radical (unpaired) electrons. The summed E-state index contributed by atoms with van der Waals surface area (Å²) in [5.41, 5.74) is 0. The number of allylic oxidation sites excluding steroid dienone is 1. The molecule has 110 valence electrons. The molecule has 0 fully saturated rings. The van der Waals surface area contributed by atoms with Crippen LogP contribution in [-0.4, -0.2) is 16.5 Å². The van der Waals surface area contributed by atoms with Crippen molar-refractivity contribution in [1.29, 1.82) is 0 Å². The second-order valence-electron chi connectivity index (χ2n) is 6.51. The molecule has 21 heavy (non-hydrogen) atoms.